The predicted molar refractivity (Wildman–Crippen MR) is 160 cm³/mol. The van der Waals surface area contributed by atoms with Crippen molar-refractivity contribution in [1.29, 1.82) is 0 Å². The van der Waals surface area contributed by atoms with Crippen LogP contribution >= 0.6 is 0 Å². The summed E-state index contributed by atoms with van der Waals surface area (Å²) in [7, 11) is 0. The van der Waals surface area contributed by atoms with Crippen LogP contribution < -0.4 is 0 Å². The standard InChI is InChI=1S/C27H31F3N2O3.C5H12.C2H4O2/c1-15(2)23-21-22(20-18(32-23)12-25(6-3-7-25)13-19(20)33)26(8-10-34-11-9-26)35-24(21)17-5-4-16(14-31-17)27(28,29)30;1-4-5(2)3;1-2(3)4/h4-5,14-15,19,24,33H,3,6-13H2,1-2H3;5H,4H2,1-3H3;1H3,(H,3,4). The van der Waals surface area contributed by atoms with Crippen LogP contribution in [0.2, 0.25) is 0 Å². The summed E-state index contributed by atoms with van der Waals surface area (Å²) in [4.78, 5) is 18.4. The van der Waals surface area contributed by atoms with Gasteiger partial charge in [-0.3, -0.25) is 14.8 Å². The second-order valence-corrected chi connectivity index (χ2v) is 13.4. The van der Waals surface area contributed by atoms with Crippen molar-refractivity contribution in [1.82, 2.24) is 9.97 Å². The Morgan fingerprint density at radius 1 is 1.09 bits per heavy atom. The zero-order chi connectivity index (χ0) is 32.4. The van der Waals surface area contributed by atoms with Crippen molar-refractivity contribution in [2.45, 2.75) is 123 Å². The fourth-order valence-corrected chi connectivity index (χ4v) is 6.72. The predicted octanol–water partition coefficient (Wildman–Crippen LogP) is 8.04. The molecule has 4 heterocycles. The molecule has 2 aromatic heterocycles. The van der Waals surface area contributed by atoms with Crippen LogP contribution in [0.4, 0.5) is 13.2 Å². The van der Waals surface area contributed by atoms with Crippen molar-refractivity contribution in [3.05, 3.63) is 57.7 Å². The third-order valence-electron chi connectivity index (χ3n) is 9.40. The highest BCUT2D eigenvalue weighted by Crippen LogP contribution is 2.60. The van der Waals surface area contributed by atoms with Gasteiger partial charge in [0.2, 0.25) is 0 Å². The Morgan fingerprint density at radius 2 is 1.70 bits per heavy atom. The lowest BCUT2D eigenvalue weighted by Crippen LogP contribution is -2.40. The third-order valence-corrected chi connectivity index (χ3v) is 9.40. The normalized spacial score (nSPS) is 22.8. The molecular formula is C34H47F3N2O5. The molecule has 1 saturated carbocycles. The van der Waals surface area contributed by atoms with Crippen LogP contribution in [0, 0.1) is 11.3 Å². The lowest BCUT2D eigenvalue weighted by atomic mass is 9.58. The number of ether oxygens (including phenoxy) is 2. The molecule has 1 saturated heterocycles. The summed E-state index contributed by atoms with van der Waals surface area (Å²) in [6.07, 6.45) is 2.75. The molecule has 2 aliphatic heterocycles. The molecule has 6 rings (SSSR count). The van der Waals surface area contributed by atoms with Gasteiger partial charge in [-0.1, -0.05) is 47.5 Å². The van der Waals surface area contributed by atoms with E-state index in [0.29, 0.717) is 31.7 Å². The topological polar surface area (TPSA) is 102 Å². The van der Waals surface area contributed by atoms with E-state index >= 15 is 0 Å². The number of aliphatic hydroxyl groups excluding tert-OH is 1. The van der Waals surface area contributed by atoms with Crippen molar-refractivity contribution < 1.29 is 37.7 Å². The maximum atomic E-state index is 13.2. The van der Waals surface area contributed by atoms with E-state index in [1.807, 2.05) is 0 Å². The number of aromatic nitrogens is 2. The van der Waals surface area contributed by atoms with E-state index in [-0.39, 0.29) is 11.3 Å². The zero-order valence-corrected chi connectivity index (χ0v) is 26.8. The average Bonchev–Trinajstić information content (AvgIpc) is 3.25. The molecule has 2 atom stereocenters. The van der Waals surface area contributed by atoms with Gasteiger partial charge in [0, 0.05) is 61.7 Å². The van der Waals surface area contributed by atoms with Gasteiger partial charge in [-0.25, -0.2) is 0 Å². The molecular weight excluding hydrogens is 573 g/mol. The molecule has 0 bridgehead atoms. The summed E-state index contributed by atoms with van der Waals surface area (Å²) in [5.41, 5.74) is 3.78. The summed E-state index contributed by atoms with van der Waals surface area (Å²) in [6, 6.07) is 2.48. The van der Waals surface area contributed by atoms with E-state index in [4.69, 9.17) is 24.4 Å². The van der Waals surface area contributed by atoms with Crippen molar-refractivity contribution in [2.75, 3.05) is 13.2 Å². The van der Waals surface area contributed by atoms with E-state index in [2.05, 4.69) is 39.6 Å². The number of aliphatic carboxylic acids is 1. The number of rotatable bonds is 3. The molecule has 244 valence electrons. The maximum Gasteiger partial charge on any atom is 0.417 e. The van der Waals surface area contributed by atoms with Crippen molar-refractivity contribution >= 4 is 5.97 Å². The van der Waals surface area contributed by atoms with Gasteiger partial charge in [-0.05, 0) is 60.6 Å². The van der Waals surface area contributed by atoms with Crippen LogP contribution in [0.5, 0.6) is 0 Å². The second kappa shape index (κ2) is 13.4. The number of alkyl halides is 3. The van der Waals surface area contributed by atoms with Crippen molar-refractivity contribution in [3.63, 3.8) is 0 Å². The monoisotopic (exact) mass is 620 g/mol. The molecule has 7 nitrogen and oxygen atoms in total. The van der Waals surface area contributed by atoms with Crippen molar-refractivity contribution in [3.8, 4) is 0 Å². The van der Waals surface area contributed by atoms with Crippen molar-refractivity contribution in [2.24, 2.45) is 11.3 Å². The highest BCUT2D eigenvalue weighted by atomic mass is 19.4. The first-order valence-corrected chi connectivity index (χ1v) is 15.9. The fourth-order valence-electron chi connectivity index (χ4n) is 6.72. The number of pyridine rings is 2. The summed E-state index contributed by atoms with van der Waals surface area (Å²) in [5, 5.41) is 18.9. The van der Waals surface area contributed by atoms with Crippen LogP contribution in [-0.2, 0) is 32.5 Å². The lowest BCUT2D eigenvalue weighted by Gasteiger charge is -2.48. The number of carboxylic acids is 1. The molecule has 2 unspecified atom stereocenters. The van der Waals surface area contributed by atoms with Gasteiger partial charge in [0.05, 0.1) is 23.0 Å². The van der Waals surface area contributed by atoms with Crippen LogP contribution in [-0.4, -0.2) is 39.4 Å². The third kappa shape index (κ3) is 7.12. The van der Waals surface area contributed by atoms with Gasteiger partial charge < -0.3 is 19.7 Å². The fraction of sp³-hybridized carbons (Fsp3) is 0.676. The average molecular weight is 621 g/mol. The Bertz CT molecular complexity index is 1300. The van der Waals surface area contributed by atoms with Gasteiger partial charge in [-0.15, -0.1) is 0 Å². The largest absolute Gasteiger partial charge is 0.481 e. The van der Waals surface area contributed by atoms with Gasteiger partial charge in [-0.2, -0.15) is 13.2 Å². The minimum absolute atomic E-state index is 0.0843. The Balaban J connectivity index is 0.000000434. The Kier molecular flexibility index (Phi) is 10.5. The van der Waals surface area contributed by atoms with Gasteiger partial charge in [0.1, 0.15) is 6.10 Å². The minimum atomic E-state index is -4.45. The number of halogens is 3. The number of carboxylic acid groups (broad SMARTS) is 1. The maximum absolute atomic E-state index is 13.2. The number of hydrogen-bond acceptors (Lipinski definition) is 6. The molecule has 2 fully saturated rings. The summed E-state index contributed by atoms with van der Waals surface area (Å²) in [5.74, 6) is 0.135. The molecule has 0 amide bonds. The molecule has 4 aliphatic rings. The Labute approximate surface area is 258 Å². The van der Waals surface area contributed by atoms with Gasteiger partial charge in [0.15, 0.2) is 0 Å². The zero-order valence-electron chi connectivity index (χ0n) is 26.8. The molecule has 2 aliphatic carbocycles. The number of fused-ring (bicyclic) bond motifs is 4. The molecule has 0 radical (unpaired) electrons. The van der Waals surface area contributed by atoms with Gasteiger partial charge in [0.25, 0.3) is 5.97 Å². The summed E-state index contributed by atoms with van der Waals surface area (Å²) >= 11 is 0. The first kappa shape index (κ1) is 34.3. The second-order valence-electron chi connectivity index (χ2n) is 13.4. The lowest BCUT2D eigenvalue weighted by molar-refractivity contribution is -0.138. The molecule has 2 N–H and O–H groups in total. The smallest absolute Gasteiger partial charge is 0.417 e. The van der Waals surface area contributed by atoms with Crippen LogP contribution in [0.1, 0.15) is 144 Å². The first-order chi connectivity index (χ1) is 20.6. The molecule has 0 aromatic carbocycles. The number of nitrogens with zero attached hydrogens (tertiary/aromatic N) is 2. The Hall–Kier alpha value is -2.56. The van der Waals surface area contributed by atoms with Crippen LogP contribution in [0.3, 0.4) is 0 Å². The van der Waals surface area contributed by atoms with E-state index in [9.17, 15) is 18.3 Å². The van der Waals surface area contributed by atoms with Gasteiger partial charge >= 0.3 is 6.18 Å². The Morgan fingerprint density at radius 3 is 2.16 bits per heavy atom. The molecule has 10 heteroatoms. The number of aliphatic hydroxyl groups is 1. The highest BCUT2D eigenvalue weighted by molar-refractivity contribution is 5.63. The highest BCUT2D eigenvalue weighted by Gasteiger charge is 2.54. The first-order valence-electron chi connectivity index (χ1n) is 15.9. The van der Waals surface area contributed by atoms with Crippen LogP contribution in [0.25, 0.3) is 0 Å². The molecule has 2 aromatic rings. The number of carbonyl (C=O) groups is 1. The van der Waals surface area contributed by atoms with E-state index in [1.54, 1.807) is 0 Å². The van der Waals surface area contributed by atoms with E-state index in [0.717, 1.165) is 78.9 Å². The molecule has 2 spiro atoms. The van der Waals surface area contributed by atoms with E-state index < -0.39 is 35.5 Å². The quantitative estimate of drug-likeness (QED) is 0.358. The molecule has 44 heavy (non-hydrogen) atoms. The number of hydrogen-bond donors (Lipinski definition) is 2. The SMILES string of the molecule is CC(=O)O.CC(C)c1nc2c(c3c1C(c1ccc(C(F)(F)F)cn1)OC31CCOCC1)C(O)CC1(CCC1)C2.CCC(C)C. The minimum Gasteiger partial charge on any atom is -0.481 e. The summed E-state index contributed by atoms with van der Waals surface area (Å²) < 4.78 is 52.1. The van der Waals surface area contributed by atoms with E-state index in [1.165, 1.54) is 18.9 Å². The summed E-state index contributed by atoms with van der Waals surface area (Å²) in [6.45, 7) is 12.9. The van der Waals surface area contributed by atoms with Crippen LogP contribution in [0.15, 0.2) is 18.3 Å².